The lowest BCUT2D eigenvalue weighted by Crippen LogP contribution is -2.27. The van der Waals surface area contributed by atoms with Crippen LogP contribution in [0.15, 0.2) is 5.38 Å². The Labute approximate surface area is 110 Å². The van der Waals surface area contributed by atoms with E-state index in [-0.39, 0.29) is 6.42 Å². The van der Waals surface area contributed by atoms with Crippen molar-refractivity contribution in [2.45, 2.75) is 31.8 Å². The van der Waals surface area contributed by atoms with E-state index in [9.17, 15) is 4.79 Å². The smallest absolute Gasteiger partial charge is 0.309 e. The van der Waals surface area contributed by atoms with Gasteiger partial charge in [0.1, 0.15) is 0 Å². The summed E-state index contributed by atoms with van der Waals surface area (Å²) in [5.74, 6) is -0.830. The van der Waals surface area contributed by atoms with Gasteiger partial charge in [-0.05, 0) is 12.8 Å². The lowest BCUT2D eigenvalue weighted by atomic mass is 10.2. The number of nitrogens with one attached hydrogen (secondary N) is 1. The van der Waals surface area contributed by atoms with Crippen LogP contribution in [0.1, 0.15) is 23.5 Å². The zero-order chi connectivity index (χ0) is 12.8. The predicted molar refractivity (Wildman–Crippen MR) is 69.0 cm³/mol. The first-order valence-electron chi connectivity index (χ1n) is 6.21. The summed E-state index contributed by atoms with van der Waals surface area (Å²) in [7, 11) is 0. The second-order valence-corrected chi connectivity index (χ2v) is 5.33. The number of hydrogen-bond acceptors (Lipinski definition) is 5. The number of nitrogens with zero attached hydrogens (tertiary/aromatic N) is 1. The summed E-state index contributed by atoms with van der Waals surface area (Å²) < 4.78 is 5.51. The fourth-order valence-corrected chi connectivity index (χ4v) is 2.76. The molecule has 1 aromatic heterocycles. The highest BCUT2D eigenvalue weighted by Gasteiger charge is 2.14. The molecule has 0 aliphatic carbocycles. The monoisotopic (exact) mass is 270 g/mol. The van der Waals surface area contributed by atoms with Crippen LogP contribution in [0, 0.1) is 0 Å². The van der Waals surface area contributed by atoms with Crippen LogP contribution in [-0.2, 0) is 22.4 Å². The maximum absolute atomic E-state index is 10.5. The molecule has 1 aliphatic rings. The van der Waals surface area contributed by atoms with Gasteiger partial charge in [0.25, 0.3) is 0 Å². The summed E-state index contributed by atoms with van der Waals surface area (Å²) >= 11 is 1.53. The van der Waals surface area contributed by atoms with Crippen molar-refractivity contribution >= 4 is 17.3 Å². The van der Waals surface area contributed by atoms with Gasteiger partial charge in [-0.2, -0.15) is 0 Å². The standard InChI is InChI=1S/C12H18N2O3S/c15-12(16)6-9-8-18-11(14-9)3-4-13-7-10-2-1-5-17-10/h8,10,13H,1-7H2,(H,15,16). The lowest BCUT2D eigenvalue weighted by Gasteiger charge is -2.09. The molecule has 5 nitrogen and oxygen atoms in total. The number of thiazole rings is 1. The number of ether oxygens (including phenoxy) is 1. The van der Waals surface area contributed by atoms with Crippen molar-refractivity contribution in [1.82, 2.24) is 10.3 Å². The van der Waals surface area contributed by atoms with E-state index in [1.165, 1.54) is 11.3 Å². The topological polar surface area (TPSA) is 71.5 Å². The third kappa shape index (κ3) is 4.36. The van der Waals surface area contributed by atoms with Crippen LogP contribution in [0.5, 0.6) is 0 Å². The van der Waals surface area contributed by atoms with Crippen molar-refractivity contribution in [2.24, 2.45) is 0 Å². The molecule has 2 heterocycles. The molecule has 0 spiro atoms. The Bertz CT molecular complexity index is 388. The van der Waals surface area contributed by atoms with E-state index < -0.39 is 5.97 Å². The number of carboxylic acids is 1. The molecule has 1 aliphatic heterocycles. The van der Waals surface area contributed by atoms with Gasteiger partial charge in [0.15, 0.2) is 0 Å². The van der Waals surface area contributed by atoms with E-state index in [4.69, 9.17) is 9.84 Å². The lowest BCUT2D eigenvalue weighted by molar-refractivity contribution is -0.136. The normalized spacial score (nSPS) is 19.2. The second-order valence-electron chi connectivity index (χ2n) is 4.39. The predicted octanol–water partition coefficient (Wildman–Crippen LogP) is 1.08. The van der Waals surface area contributed by atoms with Crippen molar-refractivity contribution in [3.63, 3.8) is 0 Å². The highest BCUT2D eigenvalue weighted by molar-refractivity contribution is 7.09. The molecule has 0 radical (unpaired) electrons. The van der Waals surface area contributed by atoms with Crippen molar-refractivity contribution in [3.05, 3.63) is 16.1 Å². The minimum absolute atomic E-state index is 0.0137. The molecule has 0 bridgehead atoms. The van der Waals surface area contributed by atoms with Gasteiger partial charge in [0.05, 0.1) is 23.2 Å². The summed E-state index contributed by atoms with van der Waals surface area (Å²) in [6, 6.07) is 0. The largest absolute Gasteiger partial charge is 0.481 e. The van der Waals surface area contributed by atoms with E-state index in [2.05, 4.69) is 10.3 Å². The molecule has 0 saturated carbocycles. The number of aliphatic carboxylic acids is 1. The summed E-state index contributed by atoms with van der Waals surface area (Å²) in [5, 5.41) is 14.8. The van der Waals surface area contributed by atoms with Gasteiger partial charge in [-0.1, -0.05) is 0 Å². The Morgan fingerprint density at radius 3 is 3.28 bits per heavy atom. The fourth-order valence-electron chi connectivity index (χ4n) is 1.96. The SMILES string of the molecule is O=C(O)Cc1csc(CCNCC2CCCO2)n1. The molecule has 1 aromatic rings. The Hall–Kier alpha value is -0.980. The first-order valence-corrected chi connectivity index (χ1v) is 7.09. The average molecular weight is 270 g/mol. The van der Waals surface area contributed by atoms with Crippen LogP contribution < -0.4 is 5.32 Å². The van der Waals surface area contributed by atoms with Crippen LogP contribution in [-0.4, -0.2) is 41.9 Å². The quantitative estimate of drug-likeness (QED) is 0.726. The average Bonchev–Trinajstić information content (AvgIpc) is 2.95. The van der Waals surface area contributed by atoms with E-state index in [0.717, 1.165) is 44.0 Å². The second kappa shape index (κ2) is 6.82. The van der Waals surface area contributed by atoms with Crippen LogP contribution in [0.25, 0.3) is 0 Å². The zero-order valence-corrected chi connectivity index (χ0v) is 11.0. The fraction of sp³-hybridized carbons (Fsp3) is 0.667. The molecule has 2 N–H and O–H groups in total. The summed E-state index contributed by atoms with van der Waals surface area (Å²) in [6.07, 6.45) is 3.53. The Morgan fingerprint density at radius 2 is 2.56 bits per heavy atom. The Morgan fingerprint density at radius 1 is 1.67 bits per heavy atom. The third-order valence-corrected chi connectivity index (χ3v) is 3.80. The van der Waals surface area contributed by atoms with Gasteiger partial charge in [-0.3, -0.25) is 4.79 Å². The van der Waals surface area contributed by atoms with E-state index >= 15 is 0 Å². The molecule has 6 heteroatoms. The molecule has 100 valence electrons. The zero-order valence-electron chi connectivity index (χ0n) is 10.2. The summed E-state index contributed by atoms with van der Waals surface area (Å²) in [5.41, 5.74) is 0.654. The van der Waals surface area contributed by atoms with Gasteiger partial charge < -0.3 is 15.2 Å². The van der Waals surface area contributed by atoms with Gasteiger partial charge in [0.2, 0.25) is 0 Å². The Kier molecular flexibility index (Phi) is 5.10. The molecule has 1 saturated heterocycles. The van der Waals surface area contributed by atoms with Crippen LogP contribution in [0.2, 0.25) is 0 Å². The van der Waals surface area contributed by atoms with Crippen molar-refractivity contribution < 1.29 is 14.6 Å². The molecule has 1 atom stereocenters. The number of hydrogen-bond donors (Lipinski definition) is 2. The minimum atomic E-state index is -0.830. The molecule has 18 heavy (non-hydrogen) atoms. The Balaban J connectivity index is 1.63. The number of carboxylic acid groups (broad SMARTS) is 1. The summed E-state index contributed by atoms with van der Waals surface area (Å²) in [4.78, 5) is 14.8. The van der Waals surface area contributed by atoms with Gasteiger partial charge in [0, 0.05) is 31.5 Å². The van der Waals surface area contributed by atoms with E-state index in [1.807, 2.05) is 5.38 Å². The minimum Gasteiger partial charge on any atom is -0.481 e. The first-order chi connectivity index (χ1) is 8.74. The third-order valence-electron chi connectivity index (χ3n) is 2.84. The number of rotatable bonds is 7. The number of aromatic nitrogens is 1. The highest BCUT2D eigenvalue weighted by atomic mass is 32.1. The maximum Gasteiger partial charge on any atom is 0.309 e. The van der Waals surface area contributed by atoms with Crippen molar-refractivity contribution in [1.29, 1.82) is 0 Å². The summed E-state index contributed by atoms with van der Waals surface area (Å²) in [6.45, 7) is 2.64. The molecule has 0 amide bonds. The van der Waals surface area contributed by atoms with Gasteiger partial charge >= 0.3 is 5.97 Å². The molecule has 2 rings (SSSR count). The molecule has 0 aromatic carbocycles. The molecular weight excluding hydrogens is 252 g/mol. The molecular formula is C12H18N2O3S. The highest BCUT2D eigenvalue weighted by Crippen LogP contribution is 2.12. The molecule has 1 unspecified atom stereocenters. The number of carbonyl (C=O) groups is 1. The molecule has 1 fully saturated rings. The van der Waals surface area contributed by atoms with E-state index in [0.29, 0.717) is 11.8 Å². The van der Waals surface area contributed by atoms with Gasteiger partial charge in [-0.25, -0.2) is 4.98 Å². The van der Waals surface area contributed by atoms with Crippen molar-refractivity contribution in [3.8, 4) is 0 Å². The van der Waals surface area contributed by atoms with E-state index in [1.54, 1.807) is 0 Å². The van der Waals surface area contributed by atoms with Crippen LogP contribution >= 0.6 is 11.3 Å². The maximum atomic E-state index is 10.5. The van der Waals surface area contributed by atoms with Crippen LogP contribution in [0.4, 0.5) is 0 Å². The van der Waals surface area contributed by atoms with Gasteiger partial charge in [-0.15, -0.1) is 11.3 Å². The van der Waals surface area contributed by atoms with Crippen LogP contribution in [0.3, 0.4) is 0 Å². The van der Waals surface area contributed by atoms with Crippen molar-refractivity contribution in [2.75, 3.05) is 19.7 Å². The first kappa shape index (κ1) is 13.5.